The maximum Gasteiger partial charge on any atom is 0.381 e. The maximum absolute atomic E-state index is 12.1. The molecular formula is C2H5F2O6PS. The Labute approximate surface area is 66.1 Å². The van der Waals surface area contributed by atoms with Gasteiger partial charge in [-0.2, -0.15) is 17.2 Å². The second-order valence-electron chi connectivity index (χ2n) is 1.94. The highest BCUT2D eigenvalue weighted by atomic mass is 32.2. The summed E-state index contributed by atoms with van der Waals surface area (Å²) in [6.07, 6.45) is -2.22. The Morgan fingerprint density at radius 1 is 1.33 bits per heavy atom. The van der Waals surface area contributed by atoms with Gasteiger partial charge in [-0.25, -0.2) is 0 Å². The number of hydrogen-bond acceptors (Lipinski definition) is 3. The van der Waals surface area contributed by atoms with Crippen molar-refractivity contribution in [1.29, 1.82) is 0 Å². The van der Waals surface area contributed by atoms with E-state index in [1.54, 1.807) is 0 Å². The van der Waals surface area contributed by atoms with E-state index in [-0.39, 0.29) is 0 Å². The van der Waals surface area contributed by atoms with Crippen molar-refractivity contribution in [3.05, 3.63) is 0 Å². The topological polar surface area (TPSA) is 112 Å². The third kappa shape index (κ3) is 3.55. The first-order valence-electron chi connectivity index (χ1n) is 2.35. The van der Waals surface area contributed by atoms with Gasteiger partial charge in [0.2, 0.25) is 0 Å². The van der Waals surface area contributed by atoms with Crippen LogP contribution in [0.4, 0.5) is 8.78 Å². The Kier molecular flexibility index (Phi) is 2.98. The molecule has 0 saturated heterocycles. The zero-order chi connectivity index (χ0) is 10.2. The van der Waals surface area contributed by atoms with Crippen LogP contribution in [0.15, 0.2) is 0 Å². The summed E-state index contributed by atoms with van der Waals surface area (Å²) in [5.41, 5.74) is 0. The third-order valence-corrected chi connectivity index (χ3v) is 2.69. The van der Waals surface area contributed by atoms with E-state index in [0.29, 0.717) is 0 Å². The van der Waals surface area contributed by atoms with E-state index in [1.807, 2.05) is 0 Å². The number of alkyl halides is 2. The second-order valence-corrected chi connectivity index (χ2v) is 5.13. The van der Waals surface area contributed by atoms with E-state index in [2.05, 4.69) is 0 Å². The van der Waals surface area contributed by atoms with Crippen molar-refractivity contribution in [2.75, 3.05) is 6.16 Å². The molecule has 0 aromatic rings. The summed E-state index contributed by atoms with van der Waals surface area (Å²) in [5.74, 6) is 0. The van der Waals surface area contributed by atoms with E-state index in [0.717, 1.165) is 0 Å². The van der Waals surface area contributed by atoms with Gasteiger partial charge >= 0.3 is 23.0 Å². The minimum absolute atomic E-state index is 2.22. The average Bonchev–Trinajstić information content (AvgIpc) is 1.52. The molecule has 0 aromatic carbocycles. The van der Waals surface area contributed by atoms with Crippen LogP contribution in [0, 0.1) is 0 Å². The first-order valence-corrected chi connectivity index (χ1v) is 5.59. The van der Waals surface area contributed by atoms with Crippen LogP contribution in [-0.2, 0) is 14.7 Å². The molecule has 12 heavy (non-hydrogen) atoms. The van der Waals surface area contributed by atoms with Gasteiger partial charge in [-0.1, -0.05) is 0 Å². The first kappa shape index (κ1) is 11.9. The summed E-state index contributed by atoms with van der Waals surface area (Å²) in [5, 5.41) is -4.81. The number of halogens is 2. The molecule has 0 aliphatic heterocycles. The molecule has 0 amide bonds. The second kappa shape index (κ2) is 3.00. The molecule has 0 aromatic heterocycles. The van der Waals surface area contributed by atoms with Crippen molar-refractivity contribution < 1.29 is 36.1 Å². The van der Waals surface area contributed by atoms with Crippen LogP contribution in [0.1, 0.15) is 0 Å². The molecule has 0 fully saturated rings. The van der Waals surface area contributed by atoms with Crippen molar-refractivity contribution in [1.82, 2.24) is 0 Å². The molecule has 0 aliphatic carbocycles. The zero-order valence-electron chi connectivity index (χ0n) is 5.38. The molecule has 0 aliphatic rings. The molecule has 0 bridgehead atoms. The minimum Gasteiger partial charge on any atom is -0.324 e. The largest absolute Gasteiger partial charge is 0.381 e. The molecule has 0 saturated carbocycles. The monoisotopic (exact) mass is 226 g/mol. The van der Waals surface area contributed by atoms with Gasteiger partial charge < -0.3 is 9.79 Å². The summed E-state index contributed by atoms with van der Waals surface area (Å²) < 4.78 is 61.5. The van der Waals surface area contributed by atoms with Crippen LogP contribution in [0.3, 0.4) is 0 Å². The smallest absolute Gasteiger partial charge is 0.324 e. The molecule has 3 N–H and O–H groups in total. The first-order chi connectivity index (χ1) is 4.96. The van der Waals surface area contributed by atoms with E-state index in [9.17, 15) is 21.8 Å². The van der Waals surface area contributed by atoms with Gasteiger partial charge in [0, 0.05) is 0 Å². The lowest BCUT2D eigenvalue weighted by molar-refractivity contribution is 0.0991. The van der Waals surface area contributed by atoms with Crippen molar-refractivity contribution in [3.63, 3.8) is 0 Å². The highest BCUT2D eigenvalue weighted by molar-refractivity contribution is 7.87. The molecule has 74 valence electrons. The fraction of sp³-hybridized carbons (Fsp3) is 1.00. The summed E-state index contributed by atoms with van der Waals surface area (Å²) >= 11 is 0. The van der Waals surface area contributed by atoms with Gasteiger partial charge in [-0.15, -0.1) is 0 Å². The van der Waals surface area contributed by atoms with E-state index >= 15 is 0 Å². The van der Waals surface area contributed by atoms with Crippen molar-refractivity contribution in [3.8, 4) is 0 Å². The zero-order valence-corrected chi connectivity index (χ0v) is 7.10. The predicted octanol–water partition coefficient (Wildman–Crippen LogP) is -0.355. The van der Waals surface area contributed by atoms with E-state index < -0.39 is 29.1 Å². The quantitative estimate of drug-likeness (QED) is 0.447. The van der Waals surface area contributed by atoms with Crippen molar-refractivity contribution in [2.45, 2.75) is 5.25 Å². The van der Waals surface area contributed by atoms with Crippen LogP contribution in [-0.4, -0.2) is 34.2 Å². The Morgan fingerprint density at radius 2 is 1.67 bits per heavy atom. The Hall–Kier alpha value is -0.0800. The lowest BCUT2D eigenvalue weighted by atomic mass is 10.8. The lowest BCUT2D eigenvalue weighted by Gasteiger charge is -2.12. The molecule has 0 atom stereocenters. The van der Waals surface area contributed by atoms with Crippen LogP contribution < -0.4 is 0 Å². The SMILES string of the molecule is O=P(O)(O)CC(F)(F)S(=O)(=O)O. The molecule has 10 heteroatoms. The molecular weight excluding hydrogens is 221 g/mol. The highest BCUT2D eigenvalue weighted by Crippen LogP contribution is 2.42. The van der Waals surface area contributed by atoms with Gasteiger partial charge in [0.1, 0.15) is 6.16 Å². The minimum atomic E-state index is -5.76. The molecule has 0 radical (unpaired) electrons. The normalized spacial score (nSPS) is 14.8. The maximum atomic E-state index is 12.1. The van der Waals surface area contributed by atoms with Gasteiger partial charge in [0.25, 0.3) is 0 Å². The van der Waals surface area contributed by atoms with Crippen LogP contribution in [0.5, 0.6) is 0 Å². The average molecular weight is 226 g/mol. The van der Waals surface area contributed by atoms with Gasteiger partial charge in [0.05, 0.1) is 0 Å². The van der Waals surface area contributed by atoms with Gasteiger partial charge in [-0.3, -0.25) is 9.12 Å². The molecule has 0 heterocycles. The van der Waals surface area contributed by atoms with E-state index in [4.69, 9.17) is 14.3 Å². The standard InChI is InChI=1S/C2H5F2O6PS/c3-2(4,12(8,9)10)1-11(5,6)7/h1H2,(H2,5,6,7)(H,8,9,10). The number of rotatable bonds is 3. The van der Waals surface area contributed by atoms with Crippen molar-refractivity contribution in [2.24, 2.45) is 0 Å². The summed E-state index contributed by atoms with van der Waals surface area (Å²) in [7, 11) is -10.9. The third-order valence-electron chi connectivity index (χ3n) is 0.767. The molecule has 6 nitrogen and oxygen atoms in total. The molecule has 0 unspecified atom stereocenters. The van der Waals surface area contributed by atoms with Crippen molar-refractivity contribution >= 4 is 17.7 Å². The highest BCUT2D eigenvalue weighted by Gasteiger charge is 2.49. The predicted molar refractivity (Wildman–Crippen MR) is 33.4 cm³/mol. The number of hydrogen-bond donors (Lipinski definition) is 3. The van der Waals surface area contributed by atoms with Gasteiger partial charge in [-0.05, 0) is 0 Å². The Bertz CT molecular complexity index is 302. The van der Waals surface area contributed by atoms with Crippen LogP contribution in [0.25, 0.3) is 0 Å². The summed E-state index contributed by atoms with van der Waals surface area (Å²) in [6, 6.07) is 0. The Balaban J connectivity index is 4.81. The fourth-order valence-electron chi connectivity index (χ4n) is 0.321. The van der Waals surface area contributed by atoms with Crippen LogP contribution >= 0.6 is 7.60 Å². The summed E-state index contributed by atoms with van der Waals surface area (Å²) in [6.45, 7) is 0. The van der Waals surface area contributed by atoms with E-state index in [1.165, 1.54) is 0 Å². The molecule has 0 spiro atoms. The van der Waals surface area contributed by atoms with Crippen LogP contribution in [0.2, 0.25) is 0 Å². The fourth-order valence-corrected chi connectivity index (χ4v) is 1.96. The molecule has 0 rings (SSSR count). The summed E-state index contributed by atoms with van der Waals surface area (Å²) in [4.78, 5) is 15.9. The van der Waals surface area contributed by atoms with Gasteiger partial charge in [0.15, 0.2) is 0 Å². The Morgan fingerprint density at radius 3 is 1.75 bits per heavy atom. The lowest BCUT2D eigenvalue weighted by Crippen LogP contribution is -2.32.